The Morgan fingerprint density at radius 3 is 2.85 bits per heavy atom. The van der Waals surface area contributed by atoms with Gasteiger partial charge in [0.15, 0.2) is 0 Å². The van der Waals surface area contributed by atoms with Crippen LogP contribution in [0.1, 0.15) is 18.1 Å². The fourth-order valence-electron chi connectivity index (χ4n) is 1.89. The average Bonchev–Trinajstić information content (AvgIpc) is 2.49. The molecule has 2 heteroatoms. The van der Waals surface area contributed by atoms with Crippen molar-refractivity contribution in [2.45, 2.75) is 20.3 Å². The maximum atomic E-state index is 4.25. The van der Waals surface area contributed by atoms with Crippen molar-refractivity contribution < 1.29 is 0 Å². The highest BCUT2D eigenvalue weighted by molar-refractivity contribution is 5.82. The largest absolute Gasteiger partial charge is 0.268 e. The monoisotopic (exact) mass is 174 g/mol. The summed E-state index contributed by atoms with van der Waals surface area (Å²) in [4.78, 5) is 0. The Kier molecular flexibility index (Phi) is 1.83. The zero-order chi connectivity index (χ0) is 9.42. The lowest BCUT2D eigenvalue weighted by molar-refractivity contribution is 0.793. The van der Waals surface area contributed by atoms with E-state index in [1.807, 2.05) is 17.9 Å². The molecule has 0 N–H and O–H groups in total. The van der Waals surface area contributed by atoms with Gasteiger partial charge in [-0.25, -0.2) is 0 Å². The van der Waals surface area contributed by atoms with Crippen molar-refractivity contribution in [1.29, 1.82) is 0 Å². The van der Waals surface area contributed by atoms with E-state index in [1.165, 1.54) is 22.0 Å². The van der Waals surface area contributed by atoms with Crippen molar-refractivity contribution >= 4 is 10.9 Å². The van der Waals surface area contributed by atoms with Gasteiger partial charge in [-0.3, -0.25) is 4.68 Å². The Bertz CT molecular complexity index is 441. The molecule has 13 heavy (non-hydrogen) atoms. The van der Waals surface area contributed by atoms with Gasteiger partial charge in [0.05, 0.1) is 11.7 Å². The molecule has 0 radical (unpaired) electrons. The van der Waals surface area contributed by atoms with Crippen LogP contribution in [0.2, 0.25) is 0 Å². The number of aromatic nitrogens is 2. The molecule has 0 saturated carbocycles. The first kappa shape index (κ1) is 8.30. The second kappa shape index (κ2) is 2.87. The minimum Gasteiger partial charge on any atom is -0.268 e. The lowest BCUT2D eigenvalue weighted by Crippen LogP contribution is -1.94. The third-order valence-electron chi connectivity index (χ3n) is 2.65. The maximum Gasteiger partial charge on any atom is 0.0710 e. The molecule has 2 nitrogen and oxygen atoms in total. The van der Waals surface area contributed by atoms with Crippen LogP contribution in [0.4, 0.5) is 0 Å². The normalized spacial score (nSPS) is 11.0. The molecule has 0 unspecified atom stereocenters. The number of hydrogen-bond donors (Lipinski definition) is 0. The highest BCUT2D eigenvalue weighted by atomic mass is 15.2. The topological polar surface area (TPSA) is 17.8 Å². The van der Waals surface area contributed by atoms with Crippen LogP contribution in [-0.2, 0) is 13.5 Å². The molecule has 0 aliphatic carbocycles. The summed E-state index contributed by atoms with van der Waals surface area (Å²) in [6.07, 6.45) is 3.01. The molecule has 2 aromatic rings. The van der Waals surface area contributed by atoms with Crippen LogP contribution in [0.5, 0.6) is 0 Å². The average molecular weight is 174 g/mol. The first-order chi connectivity index (χ1) is 6.24. The first-order valence-corrected chi connectivity index (χ1v) is 4.64. The van der Waals surface area contributed by atoms with Gasteiger partial charge < -0.3 is 0 Å². The molecule has 0 atom stereocenters. The van der Waals surface area contributed by atoms with E-state index in [1.54, 1.807) is 0 Å². The molecule has 0 amide bonds. The Hall–Kier alpha value is -1.31. The van der Waals surface area contributed by atoms with E-state index in [0.717, 1.165) is 6.42 Å². The molecule has 0 spiro atoms. The van der Waals surface area contributed by atoms with Crippen molar-refractivity contribution in [2.75, 3.05) is 0 Å². The Balaban J connectivity index is 2.83. The summed E-state index contributed by atoms with van der Waals surface area (Å²) in [6.45, 7) is 4.35. The van der Waals surface area contributed by atoms with Crippen LogP contribution in [0, 0.1) is 6.92 Å². The van der Waals surface area contributed by atoms with Crippen molar-refractivity contribution in [3.05, 3.63) is 29.5 Å². The van der Waals surface area contributed by atoms with Crippen molar-refractivity contribution in [1.82, 2.24) is 9.78 Å². The minimum atomic E-state index is 1.09. The van der Waals surface area contributed by atoms with Gasteiger partial charge in [0.2, 0.25) is 0 Å². The second-order valence-corrected chi connectivity index (χ2v) is 3.41. The molecule has 2 rings (SSSR count). The molecule has 1 aromatic carbocycles. The van der Waals surface area contributed by atoms with Gasteiger partial charge in [-0.15, -0.1) is 0 Å². The predicted octanol–water partition coefficient (Wildman–Crippen LogP) is 2.44. The lowest BCUT2D eigenvalue weighted by atomic mass is 10.0. The molecular formula is C11H14N2. The minimum absolute atomic E-state index is 1.09. The summed E-state index contributed by atoms with van der Waals surface area (Å²) in [5.74, 6) is 0. The molecule has 68 valence electrons. The van der Waals surface area contributed by atoms with Gasteiger partial charge in [-0.05, 0) is 24.5 Å². The van der Waals surface area contributed by atoms with Gasteiger partial charge in [-0.2, -0.15) is 5.10 Å². The van der Waals surface area contributed by atoms with E-state index < -0.39 is 0 Å². The second-order valence-electron chi connectivity index (χ2n) is 3.41. The summed E-state index contributed by atoms with van der Waals surface area (Å²) >= 11 is 0. The van der Waals surface area contributed by atoms with Crippen LogP contribution in [-0.4, -0.2) is 9.78 Å². The zero-order valence-electron chi connectivity index (χ0n) is 8.33. The molecule has 1 aromatic heterocycles. The highest BCUT2D eigenvalue weighted by Gasteiger charge is 2.05. The molecular weight excluding hydrogens is 160 g/mol. The van der Waals surface area contributed by atoms with Gasteiger partial charge >= 0.3 is 0 Å². The van der Waals surface area contributed by atoms with E-state index in [2.05, 4.69) is 31.1 Å². The van der Waals surface area contributed by atoms with Crippen molar-refractivity contribution in [2.24, 2.45) is 7.05 Å². The lowest BCUT2D eigenvalue weighted by Gasteiger charge is -2.05. The zero-order valence-corrected chi connectivity index (χ0v) is 8.33. The molecule has 0 fully saturated rings. The molecule has 0 aliphatic heterocycles. The third-order valence-corrected chi connectivity index (χ3v) is 2.65. The number of aryl methyl sites for hydroxylation is 3. The Morgan fingerprint density at radius 2 is 2.15 bits per heavy atom. The van der Waals surface area contributed by atoms with Crippen LogP contribution in [0.15, 0.2) is 18.3 Å². The fourth-order valence-corrected chi connectivity index (χ4v) is 1.89. The summed E-state index contributed by atoms with van der Waals surface area (Å²) in [6, 6.07) is 4.34. The highest BCUT2D eigenvalue weighted by Crippen LogP contribution is 2.21. The standard InChI is InChI=1S/C11H14N2/c1-4-9-5-6-10-7-12-13(3)11(10)8(9)2/h5-7H,4H2,1-3H3. The summed E-state index contributed by atoms with van der Waals surface area (Å²) in [5, 5.41) is 5.48. The Labute approximate surface area is 78.2 Å². The number of benzene rings is 1. The predicted molar refractivity (Wildman–Crippen MR) is 54.8 cm³/mol. The molecule has 0 saturated heterocycles. The van der Waals surface area contributed by atoms with Crippen molar-refractivity contribution in [3.8, 4) is 0 Å². The quantitative estimate of drug-likeness (QED) is 0.649. The van der Waals surface area contributed by atoms with Gasteiger partial charge in [0.25, 0.3) is 0 Å². The Morgan fingerprint density at radius 1 is 1.38 bits per heavy atom. The van der Waals surface area contributed by atoms with E-state index >= 15 is 0 Å². The number of fused-ring (bicyclic) bond motifs is 1. The van der Waals surface area contributed by atoms with Crippen LogP contribution in [0.25, 0.3) is 10.9 Å². The number of hydrogen-bond acceptors (Lipinski definition) is 1. The first-order valence-electron chi connectivity index (χ1n) is 4.64. The van der Waals surface area contributed by atoms with Gasteiger partial charge in [0.1, 0.15) is 0 Å². The van der Waals surface area contributed by atoms with E-state index in [-0.39, 0.29) is 0 Å². The van der Waals surface area contributed by atoms with Crippen LogP contribution >= 0.6 is 0 Å². The molecule has 0 aliphatic rings. The summed E-state index contributed by atoms with van der Waals surface area (Å²) < 4.78 is 1.95. The van der Waals surface area contributed by atoms with Crippen LogP contribution in [0.3, 0.4) is 0 Å². The van der Waals surface area contributed by atoms with E-state index in [0.29, 0.717) is 0 Å². The summed E-state index contributed by atoms with van der Waals surface area (Å²) in [7, 11) is 1.99. The van der Waals surface area contributed by atoms with E-state index in [9.17, 15) is 0 Å². The van der Waals surface area contributed by atoms with Crippen LogP contribution < -0.4 is 0 Å². The third kappa shape index (κ3) is 1.13. The molecule has 0 bridgehead atoms. The van der Waals surface area contributed by atoms with Crippen molar-refractivity contribution in [3.63, 3.8) is 0 Å². The molecule has 1 heterocycles. The maximum absolute atomic E-state index is 4.25. The van der Waals surface area contributed by atoms with Gasteiger partial charge in [-0.1, -0.05) is 19.1 Å². The number of nitrogens with zero attached hydrogens (tertiary/aromatic N) is 2. The smallest absolute Gasteiger partial charge is 0.0710 e. The SMILES string of the molecule is CCc1ccc2cnn(C)c2c1C. The van der Waals surface area contributed by atoms with E-state index in [4.69, 9.17) is 0 Å². The number of rotatable bonds is 1. The summed E-state index contributed by atoms with van der Waals surface area (Å²) in [5.41, 5.74) is 4.04. The fraction of sp³-hybridized carbons (Fsp3) is 0.364. The van der Waals surface area contributed by atoms with Gasteiger partial charge in [0, 0.05) is 12.4 Å².